The lowest BCUT2D eigenvalue weighted by molar-refractivity contribution is -0.0211. The van der Waals surface area contributed by atoms with Crippen LogP contribution >= 0.6 is 0 Å². The molecule has 0 spiro atoms. The lowest BCUT2D eigenvalue weighted by Crippen LogP contribution is -2.43. The monoisotopic (exact) mass is 341 g/mol. The molecular weight excluding hydrogens is 318 g/mol. The summed E-state index contributed by atoms with van der Waals surface area (Å²) in [5.74, 6) is 1.43. The summed E-state index contributed by atoms with van der Waals surface area (Å²) in [4.78, 5) is 0.203. The zero-order valence-electron chi connectivity index (χ0n) is 13.4. The minimum Gasteiger partial charge on any atom is -0.486 e. The van der Waals surface area contributed by atoms with E-state index in [1.807, 2.05) is 0 Å². The predicted octanol–water partition coefficient (Wildman–Crippen LogP) is 1.94. The van der Waals surface area contributed by atoms with Gasteiger partial charge in [-0.1, -0.05) is 13.8 Å². The molecule has 1 aromatic carbocycles. The van der Waals surface area contributed by atoms with E-state index in [-0.39, 0.29) is 17.0 Å². The smallest absolute Gasteiger partial charge is 0.240 e. The minimum atomic E-state index is -3.58. The SMILES string of the molecule is CC(C)[C@@H]1C[C@H](NS(=O)(=O)c2ccc3c(c2)OCCO3)CCO1. The van der Waals surface area contributed by atoms with E-state index < -0.39 is 10.0 Å². The molecule has 23 heavy (non-hydrogen) atoms. The molecule has 7 heteroatoms. The molecule has 0 bridgehead atoms. The van der Waals surface area contributed by atoms with E-state index in [4.69, 9.17) is 14.2 Å². The molecule has 3 rings (SSSR count). The van der Waals surface area contributed by atoms with Crippen LogP contribution in [-0.4, -0.2) is 40.4 Å². The van der Waals surface area contributed by atoms with Crippen LogP contribution in [0.4, 0.5) is 0 Å². The quantitative estimate of drug-likeness (QED) is 0.906. The number of fused-ring (bicyclic) bond motifs is 1. The van der Waals surface area contributed by atoms with E-state index in [0.29, 0.717) is 50.1 Å². The van der Waals surface area contributed by atoms with Crippen molar-refractivity contribution in [2.24, 2.45) is 5.92 Å². The van der Waals surface area contributed by atoms with Crippen molar-refractivity contribution in [1.29, 1.82) is 0 Å². The van der Waals surface area contributed by atoms with Gasteiger partial charge in [-0.25, -0.2) is 13.1 Å². The molecule has 0 unspecified atom stereocenters. The molecule has 128 valence electrons. The van der Waals surface area contributed by atoms with E-state index >= 15 is 0 Å². The van der Waals surface area contributed by atoms with Crippen LogP contribution in [0.2, 0.25) is 0 Å². The van der Waals surface area contributed by atoms with Gasteiger partial charge in [0.1, 0.15) is 13.2 Å². The molecular formula is C16H23NO5S. The third kappa shape index (κ3) is 3.79. The first-order chi connectivity index (χ1) is 11.0. The Balaban J connectivity index is 1.74. The van der Waals surface area contributed by atoms with Gasteiger partial charge >= 0.3 is 0 Å². The average molecular weight is 341 g/mol. The molecule has 1 saturated heterocycles. The summed E-state index contributed by atoms with van der Waals surface area (Å²) in [6.07, 6.45) is 1.48. The summed E-state index contributed by atoms with van der Waals surface area (Å²) < 4.78 is 44.6. The van der Waals surface area contributed by atoms with E-state index in [0.717, 1.165) is 0 Å². The molecule has 2 atom stereocenters. The first-order valence-electron chi connectivity index (χ1n) is 7.99. The predicted molar refractivity (Wildman–Crippen MR) is 85.4 cm³/mol. The molecule has 2 aliphatic rings. The molecule has 0 aromatic heterocycles. The van der Waals surface area contributed by atoms with Gasteiger partial charge in [0.15, 0.2) is 11.5 Å². The van der Waals surface area contributed by atoms with E-state index in [2.05, 4.69) is 18.6 Å². The van der Waals surface area contributed by atoms with Gasteiger partial charge in [-0.2, -0.15) is 0 Å². The molecule has 2 heterocycles. The van der Waals surface area contributed by atoms with Crippen molar-refractivity contribution < 1.29 is 22.6 Å². The molecule has 1 fully saturated rings. The average Bonchev–Trinajstić information content (AvgIpc) is 2.54. The van der Waals surface area contributed by atoms with Crippen LogP contribution in [0.3, 0.4) is 0 Å². The fraction of sp³-hybridized carbons (Fsp3) is 0.625. The van der Waals surface area contributed by atoms with Gasteiger partial charge in [0.05, 0.1) is 11.0 Å². The summed E-state index contributed by atoms with van der Waals surface area (Å²) in [5.41, 5.74) is 0. The molecule has 1 aromatic rings. The summed E-state index contributed by atoms with van der Waals surface area (Å²) >= 11 is 0. The summed E-state index contributed by atoms with van der Waals surface area (Å²) in [5, 5.41) is 0. The van der Waals surface area contributed by atoms with Gasteiger partial charge in [0.2, 0.25) is 10.0 Å². The van der Waals surface area contributed by atoms with Crippen molar-refractivity contribution >= 4 is 10.0 Å². The Morgan fingerprint density at radius 2 is 1.87 bits per heavy atom. The topological polar surface area (TPSA) is 73.9 Å². The van der Waals surface area contributed by atoms with Crippen molar-refractivity contribution in [1.82, 2.24) is 4.72 Å². The fourth-order valence-electron chi connectivity index (χ4n) is 2.88. The second kappa shape index (κ2) is 6.67. The molecule has 6 nitrogen and oxygen atoms in total. The van der Waals surface area contributed by atoms with Gasteiger partial charge in [0, 0.05) is 18.7 Å². The minimum absolute atomic E-state index is 0.0942. The first kappa shape index (κ1) is 16.5. The number of nitrogens with one attached hydrogen (secondary N) is 1. The van der Waals surface area contributed by atoms with Crippen LogP contribution in [-0.2, 0) is 14.8 Å². The van der Waals surface area contributed by atoms with Crippen LogP contribution in [0.15, 0.2) is 23.1 Å². The third-order valence-corrected chi connectivity index (χ3v) is 5.72. The van der Waals surface area contributed by atoms with E-state index in [1.165, 1.54) is 6.07 Å². The van der Waals surface area contributed by atoms with E-state index in [1.54, 1.807) is 12.1 Å². The molecule has 0 saturated carbocycles. The number of hydrogen-bond donors (Lipinski definition) is 1. The number of rotatable bonds is 4. The van der Waals surface area contributed by atoms with Gasteiger partial charge in [-0.3, -0.25) is 0 Å². The highest BCUT2D eigenvalue weighted by atomic mass is 32.2. The largest absolute Gasteiger partial charge is 0.486 e. The Morgan fingerprint density at radius 3 is 2.61 bits per heavy atom. The Bertz CT molecular complexity index is 658. The van der Waals surface area contributed by atoms with Crippen LogP contribution < -0.4 is 14.2 Å². The number of ether oxygens (including phenoxy) is 3. The molecule has 2 aliphatic heterocycles. The summed E-state index contributed by atoms with van der Waals surface area (Å²) in [7, 11) is -3.58. The maximum absolute atomic E-state index is 12.6. The van der Waals surface area contributed by atoms with Crippen molar-refractivity contribution in [3.05, 3.63) is 18.2 Å². The molecule has 0 radical (unpaired) electrons. The number of benzene rings is 1. The Kier molecular flexibility index (Phi) is 4.79. The zero-order chi connectivity index (χ0) is 16.4. The van der Waals surface area contributed by atoms with Gasteiger partial charge in [0.25, 0.3) is 0 Å². The summed E-state index contributed by atoms with van der Waals surface area (Å²) in [6, 6.07) is 4.61. The first-order valence-corrected chi connectivity index (χ1v) is 9.47. The number of hydrogen-bond acceptors (Lipinski definition) is 5. The highest BCUT2D eigenvalue weighted by Gasteiger charge is 2.29. The second-order valence-electron chi connectivity index (χ2n) is 6.30. The Labute approximate surface area is 137 Å². The van der Waals surface area contributed by atoms with Crippen LogP contribution in [0.25, 0.3) is 0 Å². The maximum atomic E-state index is 12.6. The number of sulfonamides is 1. The van der Waals surface area contributed by atoms with Crippen molar-refractivity contribution in [2.45, 2.75) is 43.7 Å². The maximum Gasteiger partial charge on any atom is 0.240 e. The van der Waals surface area contributed by atoms with Crippen molar-refractivity contribution in [2.75, 3.05) is 19.8 Å². The van der Waals surface area contributed by atoms with Gasteiger partial charge in [-0.05, 0) is 30.9 Å². The molecule has 1 N–H and O–H groups in total. The van der Waals surface area contributed by atoms with Crippen LogP contribution in [0.1, 0.15) is 26.7 Å². The van der Waals surface area contributed by atoms with Crippen LogP contribution in [0, 0.1) is 5.92 Å². The van der Waals surface area contributed by atoms with Gasteiger partial charge in [-0.15, -0.1) is 0 Å². The van der Waals surface area contributed by atoms with Crippen molar-refractivity contribution in [3.8, 4) is 11.5 Å². The highest BCUT2D eigenvalue weighted by Crippen LogP contribution is 2.32. The molecule has 0 amide bonds. The second-order valence-corrected chi connectivity index (χ2v) is 8.02. The van der Waals surface area contributed by atoms with E-state index in [9.17, 15) is 8.42 Å². The third-order valence-electron chi connectivity index (χ3n) is 4.20. The van der Waals surface area contributed by atoms with Crippen molar-refractivity contribution in [3.63, 3.8) is 0 Å². The fourth-order valence-corrected chi connectivity index (χ4v) is 4.18. The van der Waals surface area contributed by atoms with Crippen LogP contribution in [0.5, 0.6) is 11.5 Å². The zero-order valence-corrected chi connectivity index (χ0v) is 14.3. The van der Waals surface area contributed by atoms with Gasteiger partial charge < -0.3 is 14.2 Å². The standard InChI is InChI=1S/C16H23NO5S/c1-11(2)15-9-12(5-6-20-15)17-23(18,19)13-3-4-14-16(10-13)22-8-7-21-14/h3-4,10-12,15,17H,5-9H2,1-2H3/t12-,15+/m1/s1. The summed E-state index contributed by atoms with van der Waals surface area (Å²) in [6.45, 7) is 5.66. The Hall–Kier alpha value is -1.31. The normalized spacial score (nSPS) is 24.7. The Morgan fingerprint density at radius 1 is 1.13 bits per heavy atom. The lowest BCUT2D eigenvalue weighted by Gasteiger charge is -2.32. The lowest BCUT2D eigenvalue weighted by atomic mass is 9.96. The molecule has 0 aliphatic carbocycles. The highest BCUT2D eigenvalue weighted by molar-refractivity contribution is 7.89.